The number of rotatable bonds is 5. The Hall–Kier alpha value is -3.55. The fraction of sp³-hybridized carbons (Fsp3) is 0.444. The van der Waals surface area contributed by atoms with Crippen LogP contribution in [-0.4, -0.2) is 59.5 Å². The molecule has 1 heterocycles. The summed E-state index contributed by atoms with van der Waals surface area (Å²) in [4.78, 5) is 38.2. The standard InChI is InChI=1S/C27H32N2O6/c1-27(2,3)35-26(33)29-13-12-23(17(15-29)14-24(30)31)28-25(32)34-16-22-20-10-6-4-8-18(20)19-9-5-7-11-21(19)22/h4-11,17,22-23H,12-16H2,1-3H3,(H,28,32)(H,30,31)/t17-,23+/m1/s1. The SMILES string of the molecule is CC(C)(C)OC(=O)N1CC[C@H](NC(=O)OCC2c3ccccc3-c3ccccc32)[C@H](CC(=O)O)C1. The van der Waals surface area contributed by atoms with Gasteiger partial charge in [-0.1, -0.05) is 48.5 Å². The number of ether oxygens (including phenoxy) is 2. The van der Waals surface area contributed by atoms with E-state index in [4.69, 9.17) is 9.47 Å². The summed E-state index contributed by atoms with van der Waals surface area (Å²) in [7, 11) is 0. The zero-order valence-electron chi connectivity index (χ0n) is 20.3. The third-order valence-corrected chi connectivity index (χ3v) is 6.47. The Morgan fingerprint density at radius 1 is 1.03 bits per heavy atom. The summed E-state index contributed by atoms with van der Waals surface area (Å²) in [5, 5.41) is 12.2. The van der Waals surface area contributed by atoms with Crippen LogP contribution in [0.5, 0.6) is 0 Å². The molecule has 0 aromatic heterocycles. The first-order valence-electron chi connectivity index (χ1n) is 11.9. The van der Waals surface area contributed by atoms with Crippen LogP contribution in [0.2, 0.25) is 0 Å². The van der Waals surface area contributed by atoms with Crippen LogP contribution in [0.15, 0.2) is 48.5 Å². The molecule has 2 aromatic rings. The monoisotopic (exact) mass is 480 g/mol. The Kier molecular flexibility index (Phi) is 7.00. The van der Waals surface area contributed by atoms with Gasteiger partial charge in [0.25, 0.3) is 0 Å². The molecule has 2 amide bonds. The molecule has 2 N–H and O–H groups in total. The minimum Gasteiger partial charge on any atom is -0.481 e. The molecular weight excluding hydrogens is 448 g/mol. The van der Waals surface area contributed by atoms with Crippen molar-refractivity contribution in [1.82, 2.24) is 10.2 Å². The molecule has 8 nitrogen and oxygen atoms in total. The number of carbonyl (C=O) groups is 3. The summed E-state index contributed by atoms with van der Waals surface area (Å²) >= 11 is 0. The van der Waals surface area contributed by atoms with Crippen molar-refractivity contribution >= 4 is 18.2 Å². The van der Waals surface area contributed by atoms with E-state index in [1.54, 1.807) is 20.8 Å². The summed E-state index contributed by atoms with van der Waals surface area (Å²) in [5.74, 6) is -1.49. The number of aliphatic carboxylic acids is 1. The second-order valence-electron chi connectivity index (χ2n) is 10.1. The molecule has 1 aliphatic carbocycles. The smallest absolute Gasteiger partial charge is 0.410 e. The lowest BCUT2D eigenvalue weighted by molar-refractivity contribution is -0.138. The number of hydrogen-bond acceptors (Lipinski definition) is 5. The number of piperidine rings is 1. The predicted octanol–water partition coefficient (Wildman–Crippen LogP) is 4.63. The molecule has 1 fully saturated rings. The second-order valence-corrected chi connectivity index (χ2v) is 10.1. The average Bonchev–Trinajstić information content (AvgIpc) is 3.11. The number of amides is 2. The van der Waals surface area contributed by atoms with Gasteiger partial charge in [-0.25, -0.2) is 9.59 Å². The molecule has 4 rings (SSSR count). The first kappa shape index (κ1) is 24.6. The molecule has 0 radical (unpaired) electrons. The molecule has 186 valence electrons. The maximum absolute atomic E-state index is 12.7. The van der Waals surface area contributed by atoms with Crippen LogP contribution in [0.1, 0.15) is 50.7 Å². The fourth-order valence-electron chi connectivity index (χ4n) is 4.94. The largest absolute Gasteiger partial charge is 0.481 e. The number of carboxylic acids is 1. The van der Waals surface area contributed by atoms with Gasteiger partial charge in [-0.15, -0.1) is 0 Å². The summed E-state index contributed by atoms with van der Waals surface area (Å²) < 4.78 is 11.1. The Balaban J connectivity index is 1.38. The van der Waals surface area contributed by atoms with E-state index in [1.807, 2.05) is 24.3 Å². The van der Waals surface area contributed by atoms with Crippen LogP contribution in [0, 0.1) is 5.92 Å². The number of benzene rings is 2. The van der Waals surface area contributed by atoms with Gasteiger partial charge in [-0.2, -0.15) is 0 Å². The van der Waals surface area contributed by atoms with Gasteiger partial charge in [0, 0.05) is 31.0 Å². The lowest BCUT2D eigenvalue weighted by Gasteiger charge is -2.38. The number of fused-ring (bicyclic) bond motifs is 3. The number of carboxylic acid groups (broad SMARTS) is 1. The molecule has 2 atom stereocenters. The first-order valence-corrected chi connectivity index (χ1v) is 11.9. The third kappa shape index (κ3) is 5.75. The van der Waals surface area contributed by atoms with Gasteiger partial charge in [0.15, 0.2) is 0 Å². The summed E-state index contributed by atoms with van der Waals surface area (Å²) in [5.41, 5.74) is 3.89. The predicted molar refractivity (Wildman–Crippen MR) is 130 cm³/mol. The van der Waals surface area contributed by atoms with Crippen LogP contribution < -0.4 is 5.32 Å². The molecule has 1 aliphatic heterocycles. The average molecular weight is 481 g/mol. The Morgan fingerprint density at radius 3 is 2.20 bits per heavy atom. The van der Waals surface area contributed by atoms with Gasteiger partial charge in [-0.05, 0) is 49.4 Å². The van der Waals surface area contributed by atoms with E-state index >= 15 is 0 Å². The maximum atomic E-state index is 12.7. The molecule has 0 spiro atoms. The van der Waals surface area contributed by atoms with E-state index in [0.717, 1.165) is 22.3 Å². The maximum Gasteiger partial charge on any atom is 0.410 e. The zero-order chi connectivity index (χ0) is 25.2. The second kappa shape index (κ2) is 9.98. The summed E-state index contributed by atoms with van der Waals surface area (Å²) in [6.07, 6.45) is -0.819. The Bertz CT molecular complexity index is 1060. The van der Waals surface area contributed by atoms with E-state index in [0.29, 0.717) is 13.0 Å². The van der Waals surface area contributed by atoms with Crippen molar-refractivity contribution in [1.29, 1.82) is 0 Å². The number of nitrogens with one attached hydrogen (secondary N) is 1. The lowest BCUT2D eigenvalue weighted by Crippen LogP contribution is -2.53. The minimum absolute atomic E-state index is 0.0583. The van der Waals surface area contributed by atoms with E-state index in [9.17, 15) is 19.5 Å². The molecule has 35 heavy (non-hydrogen) atoms. The molecule has 1 saturated heterocycles. The van der Waals surface area contributed by atoms with Crippen LogP contribution in [0.4, 0.5) is 9.59 Å². The highest BCUT2D eigenvalue weighted by Crippen LogP contribution is 2.44. The molecule has 0 bridgehead atoms. The van der Waals surface area contributed by atoms with Gasteiger partial charge >= 0.3 is 18.2 Å². The molecule has 0 saturated carbocycles. The van der Waals surface area contributed by atoms with Crippen molar-refractivity contribution in [2.75, 3.05) is 19.7 Å². The lowest BCUT2D eigenvalue weighted by atomic mass is 9.89. The molecule has 2 aromatic carbocycles. The first-order chi connectivity index (χ1) is 16.6. The van der Waals surface area contributed by atoms with Crippen molar-refractivity contribution in [2.24, 2.45) is 5.92 Å². The Labute approximate surface area is 205 Å². The topological polar surface area (TPSA) is 105 Å². The van der Waals surface area contributed by atoms with Gasteiger partial charge in [0.1, 0.15) is 12.2 Å². The van der Waals surface area contributed by atoms with Crippen molar-refractivity contribution in [3.8, 4) is 11.1 Å². The number of alkyl carbamates (subject to hydrolysis) is 1. The van der Waals surface area contributed by atoms with Crippen molar-refractivity contribution < 1.29 is 29.0 Å². The van der Waals surface area contributed by atoms with Crippen LogP contribution >= 0.6 is 0 Å². The van der Waals surface area contributed by atoms with Gasteiger partial charge < -0.3 is 24.8 Å². The highest BCUT2D eigenvalue weighted by atomic mass is 16.6. The van der Waals surface area contributed by atoms with Gasteiger partial charge in [-0.3, -0.25) is 4.79 Å². The minimum atomic E-state index is -0.986. The number of carbonyl (C=O) groups excluding carboxylic acids is 2. The van der Waals surface area contributed by atoms with Crippen molar-refractivity contribution in [3.05, 3.63) is 59.7 Å². The number of nitrogens with zero attached hydrogens (tertiary/aromatic N) is 1. The van der Waals surface area contributed by atoms with E-state index < -0.39 is 35.7 Å². The molecule has 8 heteroatoms. The summed E-state index contributed by atoms with van der Waals surface area (Å²) in [6, 6.07) is 15.8. The summed E-state index contributed by atoms with van der Waals surface area (Å²) in [6.45, 7) is 6.08. The molecule has 0 unspecified atom stereocenters. The fourth-order valence-corrected chi connectivity index (χ4v) is 4.94. The van der Waals surface area contributed by atoms with Crippen LogP contribution in [0.3, 0.4) is 0 Å². The highest BCUT2D eigenvalue weighted by Gasteiger charge is 2.36. The Morgan fingerprint density at radius 2 is 1.63 bits per heavy atom. The number of likely N-dealkylation sites (tertiary alicyclic amines) is 1. The van der Waals surface area contributed by atoms with Gasteiger partial charge in [0.2, 0.25) is 0 Å². The van der Waals surface area contributed by atoms with Crippen molar-refractivity contribution in [2.45, 2.75) is 51.2 Å². The van der Waals surface area contributed by atoms with E-state index in [-0.39, 0.29) is 25.5 Å². The zero-order valence-corrected chi connectivity index (χ0v) is 20.3. The third-order valence-electron chi connectivity index (χ3n) is 6.47. The number of hydrogen-bond donors (Lipinski definition) is 2. The van der Waals surface area contributed by atoms with Gasteiger partial charge in [0.05, 0.1) is 6.42 Å². The van der Waals surface area contributed by atoms with Crippen LogP contribution in [-0.2, 0) is 14.3 Å². The normalized spacial score (nSPS) is 19.5. The molecule has 2 aliphatic rings. The van der Waals surface area contributed by atoms with Crippen molar-refractivity contribution in [3.63, 3.8) is 0 Å². The quantitative estimate of drug-likeness (QED) is 0.647. The van der Waals surface area contributed by atoms with E-state index in [1.165, 1.54) is 4.90 Å². The van der Waals surface area contributed by atoms with E-state index in [2.05, 4.69) is 29.6 Å². The van der Waals surface area contributed by atoms with Crippen LogP contribution in [0.25, 0.3) is 11.1 Å². The highest BCUT2D eigenvalue weighted by molar-refractivity contribution is 5.79. The molecular formula is C27H32N2O6.